The molecule has 0 aromatic carbocycles. The van der Waals surface area contributed by atoms with Crippen LogP contribution < -0.4 is 0 Å². The molecule has 1 saturated carbocycles. The second kappa shape index (κ2) is 13.2. The van der Waals surface area contributed by atoms with Crippen molar-refractivity contribution in [3.63, 3.8) is 0 Å². The van der Waals surface area contributed by atoms with Crippen LogP contribution in [0.5, 0.6) is 0 Å². The highest BCUT2D eigenvalue weighted by molar-refractivity contribution is 5.78. The molecule has 1 heterocycles. The molecular formula is C30H42O14. The van der Waals surface area contributed by atoms with E-state index in [1.807, 2.05) is 0 Å². The van der Waals surface area contributed by atoms with Gasteiger partial charge in [0.2, 0.25) is 0 Å². The number of aliphatic hydroxyl groups is 2. The zero-order valence-electron chi connectivity index (χ0n) is 26.2. The lowest BCUT2D eigenvalue weighted by atomic mass is 9.52. The molecule has 14 heteroatoms. The van der Waals surface area contributed by atoms with Crippen LogP contribution in [0.2, 0.25) is 0 Å². The highest BCUT2D eigenvalue weighted by Crippen LogP contribution is 2.56. The van der Waals surface area contributed by atoms with Crippen molar-refractivity contribution in [3.8, 4) is 0 Å². The second-order valence-corrected chi connectivity index (χ2v) is 12.1. The Labute approximate surface area is 255 Å². The second-order valence-electron chi connectivity index (χ2n) is 12.1. The number of aliphatic hydroxyl groups excluding tert-OH is 1. The minimum atomic E-state index is -2.32. The summed E-state index contributed by atoms with van der Waals surface area (Å²) in [5.41, 5.74) is -3.79. The summed E-state index contributed by atoms with van der Waals surface area (Å²) >= 11 is 0. The van der Waals surface area contributed by atoms with E-state index in [9.17, 15) is 39.0 Å². The van der Waals surface area contributed by atoms with Crippen molar-refractivity contribution in [1.82, 2.24) is 0 Å². The lowest BCUT2D eigenvalue weighted by Gasteiger charge is -2.58. The van der Waals surface area contributed by atoms with Crippen LogP contribution in [0.3, 0.4) is 0 Å². The van der Waals surface area contributed by atoms with Crippen molar-refractivity contribution in [2.45, 2.75) is 110 Å². The first-order valence-electron chi connectivity index (χ1n) is 14.5. The number of carbonyl (C=O) groups is 6. The third-order valence-corrected chi connectivity index (χ3v) is 9.13. The molecule has 3 rings (SSSR count). The monoisotopic (exact) mass is 626 g/mol. The number of fused-ring (bicyclic) bond motifs is 2. The molecule has 1 aliphatic heterocycles. The SMILES string of the molecule is CC(=O)OC/C1=C/[C@@H]2OC(=O)[C@H](C)[C@@]2(O)[C@@H](OC(C)=O)[C@H]2[C@@H](C)[C@@H](O)C[C@H](OC(C)=O)[C@]2(C)[C@@H](OC(C)=O)C[C@H]1OC(C)=O. The third-order valence-electron chi connectivity index (χ3n) is 9.13. The minimum absolute atomic E-state index is 0.0782. The Morgan fingerprint density at radius 1 is 0.864 bits per heavy atom. The van der Waals surface area contributed by atoms with Gasteiger partial charge in [-0.3, -0.25) is 28.8 Å². The van der Waals surface area contributed by atoms with Crippen molar-refractivity contribution in [2.24, 2.45) is 23.2 Å². The molecule has 0 amide bonds. The average Bonchev–Trinajstić information content (AvgIpc) is 3.10. The summed E-state index contributed by atoms with van der Waals surface area (Å²) in [6.07, 6.45) is -7.15. The first kappa shape index (κ1) is 35.0. The van der Waals surface area contributed by atoms with E-state index in [1.165, 1.54) is 13.0 Å². The maximum atomic E-state index is 13.1. The summed E-state index contributed by atoms with van der Waals surface area (Å²) < 4.78 is 33.9. The molecule has 2 aliphatic carbocycles. The van der Waals surface area contributed by atoms with Gasteiger partial charge in [0, 0.05) is 64.4 Å². The predicted molar refractivity (Wildman–Crippen MR) is 147 cm³/mol. The molecule has 0 spiro atoms. The zero-order valence-corrected chi connectivity index (χ0v) is 26.2. The molecule has 14 nitrogen and oxygen atoms in total. The Hall–Kier alpha value is -3.52. The fraction of sp³-hybridized carbons (Fsp3) is 0.733. The van der Waals surface area contributed by atoms with Gasteiger partial charge in [0.15, 0.2) is 11.7 Å². The average molecular weight is 627 g/mol. The Bertz CT molecular complexity index is 1210. The summed E-state index contributed by atoms with van der Waals surface area (Å²) in [6, 6.07) is 0. The standard InChI is InChI=1S/C30H42O14/c1-13-21(36)10-23(41-17(5)33)29(8)24(42-18(6)34)11-22(40-16(4)32)20(12-39-15(3)31)9-25-30(38,14(2)28(37)44-25)27(26(13)29)43-19(7)35/h9,13-14,21-27,36,38H,10-12H2,1-8H3/b20-9-/t13-,14-,21-,22+,23-,24-,25-,26+,27-,29+,30-/m0/s1. The highest BCUT2D eigenvalue weighted by Gasteiger charge is 2.69. The van der Waals surface area contributed by atoms with Crippen LogP contribution >= 0.6 is 0 Å². The van der Waals surface area contributed by atoms with Gasteiger partial charge >= 0.3 is 35.8 Å². The Morgan fingerprint density at radius 3 is 1.89 bits per heavy atom. The van der Waals surface area contributed by atoms with E-state index >= 15 is 0 Å². The van der Waals surface area contributed by atoms with Crippen molar-refractivity contribution in [2.75, 3.05) is 6.61 Å². The van der Waals surface area contributed by atoms with Crippen molar-refractivity contribution < 1.29 is 67.4 Å². The molecule has 0 unspecified atom stereocenters. The zero-order chi connectivity index (χ0) is 33.3. The fourth-order valence-corrected chi connectivity index (χ4v) is 7.00. The lowest BCUT2D eigenvalue weighted by molar-refractivity contribution is -0.252. The third kappa shape index (κ3) is 6.75. The number of hydrogen-bond donors (Lipinski definition) is 2. The molecule has 0 aromatic heterocycles. The molecule has 11 atom stereocenters. The number of esters is 6. The van der Waals surface area contributed by atoms with Gasteiger partial charge in [-0.05, 0) is 18.9 Å². The first-order valence-corrected chi connectivity index (χ1v) is 14.5. The highest BCUT2D eigenvalue weighted by atomic mass is 16.6. The summed E-state index contributed by atoms with van der Waals surface area (Å²) in [6.45, 7) is 9.83. The number of hydrogen-bond acceptors (Lipinski definition) is 14. The molecule has 0 bridgehead atoms. The quantitative estimate of drug-likeness (QED) is 0.240. The predicted octanol–water partition coefficient (Wildman–Crippen LogP) is 0.922. The normalized spacial score (nSPS) is 39.6. The van der Waals surface area contributed by atoms with Crippen molar-refractivity contribution in [3.05, 3.63) is 11.6 Å². The van der Waals surface area contributed by atoms with Crippen LogP contribution in [0.15, 0.2) is 11.6 Å². The van der Waals surface area contributed by atoms with Gasteiger partial charge in [-0.15, -0.1) is 0 Å². The fourth-order valence-electron chi connectivity index (χ4n) is 7.00. The van der Waals surface area contributed by atoms with Gasteiger partial charge in [0.05, 0.1) is 12.0 Å². The molecule has 2 fully saturated rings. The van der Waals surface area contributed by atoms with Gasteiger partial charge in [0.25, 0.3) is 0 Å². The molecule has 0 radical (unpaired) electrons. The van der Waals surface area contributed by atoms with E-state index in [1.54, 1.807) is 13.8 Å². The molecular weight excluding hydrogens is 584 g/mol. The van der Waals surface area contributed by atoms with Crippen molar-refractivity contribution in [1.29, 1.82) is 0 Å². The molecule has 0 aromatic rings. The van der Waals surface area contributed by atoms with Gasteiger partial charge < -0.3 is 38.6 Å². The Kier molecular flexibility index (Phi) is 10.5. The lowest BCUT2D eigenvalue weighted by Crippen LogP contribution is -2.69. The van der Waals surface area contributed by atoms with Gasteiger partial charge in [-0.1, -0.05) is 13.8 Å². The van der Waals surface area contributed by atoms with Crippen molar-refractivity contribution >= 4 is 35.8 Å². The molecule has 246 valence electrons. The maximum Gasteiger partial charge on any atom is 0.312 e. The van der Waals surface area contributed by atoms with E-state index in [0.717, 1.165) is 34.6 Å². The van der Waals surface area contributed by atoms with E-state index in [-0.39, 0.29) is 18.4 Å². The summed E-state index contributed by atoms with van der Waals surface area (Å²) in [4.78, 5) is 74.9. The van der Waals surface area contributed by atoms with Crippen LogP contribution in [0, 0.1) is 23.2 Å². The summed E-state index contributed by atoms with van der Waals surface area (Å²) in [7, 11) is 0. The van der Waals surface area contributed by atoms with Gasteiger partial charge in [0.1, 0.15) is 31.0 Å². The van der Waals surface area contributed by atoms with E-state index in [4.69, 9.17) is 28.4 Å². The van der Waals surface area contributed by atoms with E-state index in [2.05, 4.69) is 0 Å². The number of carbonyl (C=O) groups excluding carboxylic acids is 6. The first-order chi connectivity index (χ1) is 20.3. The van der Waals surface area contributed by atoms with E-state index in [0.29, 0.717) is 0 Å². The number of rotatable bonds is 6. The largest absolute Gasteiger partial charge is 0.462 e. The summed E-state index contributed by atoms with van der Waals surface area (Å²) in [5, 5.41) is 23.8. The maximum absolute atomic E-state index is 13.1. The smallest absolute Gasteiger partial charge is 0.312 e. The van der Waals surface area contributed by atoms with Crippen LogP contribution in [-0.4, -0.2) is 94.9 Å². The van der Waals surface area contributed by atoms with Crippen LogP contribution in [0.25, 0.3) is 0 Å². The molecule has 1 saturated heterocycles. The molecule has 44 heavy (non-hydrogen) atoms. The van der Waals surface area contributed by atoms with Crippen LogP contribution in [0.1, 0.15) is 68.2 Å². The van der Waals surface area contributed by atoms with Gasteiger partial charge in [-0.25, -0.2) is 0 Å². The van der Waals surface area contributed by atoms with Gasteiger partial charge in [-0.2, -0.15) is 0 Å². The minimum Gasteiger partial charge on any atom is -0.462 e. The molecule has 3 aliphatic rings. The number of ether oxygens (including phenoxy) is 6. The Morgan fingerprint density at radius 2 is 1.39 bits per heavy atom. The molecule has 2 N–H and O–H groups in total. The van der Waals surface area contributed by atoms with Crippen LogP contribution in [0.4, 0.5) is 0 Å². The van der Waals surface area contributed by atoms with E-state index < -0.39 is 108 Å². The van der Waals surface area contributed by atoms with Crippen LogP contribution in [-0.2, 0) is 57.2 Å². The Balaban J connectivity index is 2.48. The summed E-state index contributed by atoms with van der Waals surface area (Å²) in [5.74, 6) is -7.88. The topological polar surface area (TPSA) is 198 Å².